The van der Waals surface area contributed by atoms with Crippen LogP contribution >= 0.6 is 0 Å². The highest BCUT2D eigenvalue weighted by Gasteiger charge is 2.41. The van der Waals surface area contributed by atoms with Crippen LogP contribution in [0.2, 0.25) is 0 Å². The van der Waals surface area contributed by atoms with Gasteiger partial charge in [-0.25, -0.2) is 9.97 Å². The Labute approximate surface area is 654 Å². The second kappa shape index (κ2) is 24.3. The third-order valence-corrected chi connectivity index (χ3v) is 25.1. The molecule has 0 bridgehead atoms. The van der Waals surface area contributed by atoms with Gasteiger partial charge in [-0.2, -0.15) is 0 Å². The zero-order valence-corrected chi connectivity index (χ0v) is 61.5. The van der Waals surface area contributed by atoms with Crippen LogP contribution in [0.3, 0.4) is 0 Å². The zero-order chi connectivity index (χ0) is 74.4. The smallest absolute Gasteiger partial charge is 0.0970 e. The van der Waals surface area contributed by atoms with Crippen molar-refractivity contribution in [3.8, 4) is 55.9 Å². The first-order chi connectivity index (χ1) is 56.5. The molecular weight excluding hydrogens is 1380 g/mol. The van der Waals surface area contributed by atoms with Crippen molar-refractivity contribution in [1.29, 1.82) is 0 Å². The highest BCUT2D eigenvalue weighted by Crippen LogP contribution is 2.56. The molecule has 524 valence electrons. The first-order valence-corrected chi connectivity index (χ1v) is 39.3. The first kappa shape index (κ1) is 62.9. The van der Waals surface area contributed by atoms with Gasteiger partial charge in [0.2, 0.25) is 0 Å². The lowest BCUT2D eigenvalue weighted by Gasteiger charge is -2.42. The van der Waals surface area contributed by atoms with E-state index >= 15 is 0 Å². The third kappa shape index (κ3) is 9.19. The summed E-state index contributed by atoms with van der Waals surface area (Å²) in [5.41, 5.74) is 26.5. The lowest BCUT2D eigenvalue weighted by Crippen LogP contribution is -2.30. The second-order valence-corrected chi connectivity index (χ2v) is 30.9. The molecule has 25 rings (SSSR count). The van der Waals surface area contributed by atoms with Gasteiger partial charge in [0.15, 0.2) is 0 Å². The summed E-state index contributed by atoms with van der Waals surface area (Å²) in [6, 6.07) is 108. The monoisotopic (exact) mass is 1440 g/mol. The van der Waals surface area contributed by atoms with Crippen molar-refractivity contribution in [3.63, 3.8) is 0 Å². The summed E-state index contributed by atoms with van der Waals surface area (Å²) >= 11 is 0. The largest absolute Gasteiger partial charge is 0.254 e. The van der Waals surface area contributed by atoms with E-state index in [0.29, 0.717) is 0 Å². The normalized spacial score (nSPS) is 15.3. The van der Waals surface area contributed by atoms with Crippen molar-refractivity contribution in [2.75, 3.05) is 0 Å². The van der Waals surface area contributed by atoms with Gasteiger partial charge in [-0.15, -0.1) is 0 Å². The van der Waals surface area contributed by atoms with Crippen molar-refractivity contribution in [1.82, 2.24) is 29.9 Å². The molecular formula is C108H62N6. The molecule has 0 amide bonds. The van der Waals surface area contributed by atoms with Crippen LogP contribution in [0.5, 0.6) is 0 Å². The molecule has 0 spiro atoms. The van der Waals surface area contributed by atoms with Crippen LogP contribution in [0.1, 0.15) is 11.1 Å². The highest BCUT2D eigenvalue weighted by molar-refractivity contribution is 6.37. The summed E-state index contributed by atoms with van der Waals surface area (Å²) in [5, 5.41) is 25.5. The van der Waals surface area contributed by atoms with Crippen LogP contribution < -0.4 is 0 Å². The van der Waals surface area contributed by atoms with E-state index in [1.54, 1.807) is 0 Å². The van der Waals surface area contributed by atoms with Crippen molar-refractivity contribution < 1.29 is 0 Å². The Hall–Kier alpha value is -15.0. The maximum atomic E-state index is 5.85. The van der Waals surface area contributed by atoms with Crippen LogP contribution in [0.15, 0.2) is 387 Å². The Morgan fingerprint density at radius 2 is 0.737 bits per heavy atom. The minimum Gasteiger partial charge on any atom is -0.254 e. The molecule has 0 aliphatic heterocycles. The Morgan fingerprint density at radius 3 is 1.44 bits per heavy atom. The van der Waals surface area contributed by atoms with E-state index in [0.717, 1.165) is 165 Å². The van der Waals surface area contributed by atoms with E-state index in [2.05, 4.69) is 328 Å². The Bertz CT molecular complexity index is 8250. The average molecular weight is 1440 g/mol. The summed E-state index contributed by atoms with van der Waals surface area (Å²) < 4.78 is 0. The predicted octanol–water partition coefficient (Wildman–Crippen LogP) is 27.6. The summed E-state index contributed by atoms with van der Waals surface area (Å²) in [6.45, 7) is 0. The number of allylic oxidation sites excluding steroid dienone is 14. The average Bonchev–Trinajstić information content (AvgIpc) is 0.705. The number of nitrogens with zero attached hydrogens (tertiary/aromatic N) is 6. The SMILES string of the molecule is C1=CC2=C(c3cccc(-c4nc5ccccc5c5c6ccccc6c6c(-c7cc8cc(-c9ccnc%10c9ccc9cccnc9%10)ccc8c8cc(-c9cccc(-c%10nc%11ccccc%11c%11c%12ccccc%12c%12ccccc%12c%10%11)c9)ccc78)cccc6c45)c3)C=CC3=CC=C4C(c5ccnc6c5ccc5cccnc56)=CC=C1C4C32. The molecule has 4 aliphatic rings. The number of para-hydroxylation sites is 2. The molecule has 6 nitrogen and oxygen atoms in total. The van der Waals surface area contributed by atoms with E-state index in [4.69, 9.17) is 29.9 Å². The fraction of sp³-hybridized carbons (Fsp3) is 0.0185. The number of rotatable bonds is 7. The summed E-state index contributed by atoms with van der Waals surface area (Å²) in [6.07, 6.45) is 26.5. The van der Waals surface area contributed by atoms with Gasteiger partial charge in [0.25, 0.3) is 0 Å². The van der Waals surface area contributed by atoms with E-state index < -0.39 is 0 Å². The van der Waals surface area contributed by atoms with Gasteiger partial charge in [0, 0.05) is 102 Å². The predicted molar refractivity (Wildman–Crippen MR) is 476 cm³/mol. The molecule has 6 heteroatoms. The van der Waals surface area contributed by atoms with E-state index in [1.165, 1.54) is 87.5 Å². The first-order valence-electron chi connectivity index (χ1n) is 39.3. The van der Waals surface area contributed by atoms with Crippen LogP contribution in [0, 0.1) is 11.8 Å². The summed E-state index contributed by atoms with van der Waals surface area (Å²) in [7, 11) is 0. The molecule has 6 aromatic heterocycles. The quantitative estimate of drug-likeness (QED) is 0.148. The number of aromatic nitrogens is 6. The van der Waals surface area contributed by atoms with Crippen molar-refractivity contribution in [2.24, 2.45) is 11.8 Å². The highest BCUT2D eigenvalue weighted by atomic mass is 14.7. The van der Waals surface area contributed by atoms with Gasteiger partial charge in [-0.3, -0.25) is 19.9 Å². The van der Waals surface area contributed by atoms with Crippen LogP contribution in [0.4, 0.5) is 0 Å². The van der Waals surface area contributed by atoms with Gasteiger partial charge in [0.1, 0.15) is 0 Å². The molecule has 0 N–H and O–H groups in total. The van der Waals surface area contributed by atoms with E-state index in [-0.39, 0.29) is 11.8 Å². The molecule has 21 aromatic rings. The molecule has 114 heavy (non-hydrogen) atoms. The molecule has 2 unspecified atom stereocenters. The zero-order valence-electron chi connectivity index (χ0n) is 61.5. The van der Waals surface area contributed by atoms with E-state index in [9.17, 15) is 0 Å². The minimum atomic E-state index is 0.129. The third-order valence-electron chi connectivity index (χ3n) is 25.1. The molecule has 15 aromatic carbocycles. The Balaban J connectivity index is 0.680. The fourth-order valence-corrected chi connectivity index (χ4v) is 20.2. The number of fused-ring (bicyclic) bond motifs is 25. The number of pyridine rings is 6. The van der Waals surface area contributed by atoms with Gasteiger partial charge in [0.05, 0.1) is 44.5 Å². The Morgan fingerprint density at radius 1 is 0.228 bits per heavy atom. The minimum absolute atomic E-state index is 0.129. The van der Waals surface area contributed by atoms with Crippen molar-refractivity contribution in [2.45, 2.75) is 0 Å². The lowest BCUT2D eigenvalue weighted by molar-refractivity contribution is 0.569. The van der Waals surface area contributed by atoms with Crippen molar-refractivity contribution in [3.05, 3.63) is 398 Å². The second-order valence-electron chi connectivity index (χ2n) is 30.9. The summed E-state index contributed by atoms with van der Waals surface area (Å²) in [4.78, 5) is 31.1. The molecule has 4 aliphatic carbocycles. The Kier molecular flexibility index (Phi) is 13.4. The van der Waals surface area contributed by atoms with Crippen molar-refractivity contribution >= 4 is 163 Å². The standard InChI is InChI=1S/C108H62N6/c1-3-24-80-75(22-1)76-23-2-4-25-81(76)101-99(80)89-28-7-9-32-94(89)113-103(101)69-18-11-16-65(56-69)66-40-45-78-92(59-66)73-43-41-68(74-50-54-111-107-87(74)48-38-63-20-14-52-109-105(63)107)58-71(73)60-93(78)84-30-13-31-91-98(84)82-26-5-6-27-83(82)100-90-29-8-10-33-95(90)114-104(102(91)100)70-19-12-17-67(57-70)72-42-34-61-37-47-86-77(44-35-62-36-46-85(72)96(61)97(62)86)79-51-55-112-108-88(79)49-39-64-21-15-53-110-106(64)108/h1-60,96-97H. The van der Waals surface area contributed by atoms with Gasteiger partial charge in [-0.05, 0) is 209 Å². The van der Waals surface area contributed by atoms with Crippen LogP contribution in [-0.4, -0.2) is 29.9 Å². The maximum absolute atomic E-state index is 5.85. The molecule has 0 fully saturated rings. The number of hydrogen-bond donors (Lipinski definition) is 0. The molecule has 2 atom stereocenters. The lowest BCUT2D eigenvalue weighted by atomic mass is 9.61. The van der Waals surface area contributed by atoms with Crippen LogP contribution in [0.25, 0.3) is 219 Å². The molecule has 0 saturated heterocycles. The van der Waals surface area contributed by atoms with Gasteiger partial charge < -0.3 is 0 Å². The summed E-state index contributed by atoms with van der Waals surface area (Å²) in [5.74, 6) is 0.269. The molecule has 6 heterocycles. The van der Waals surface area contributed by atoms with Crippen LogP contribution in [-0.2, 0) is 0 Å². The van der Waals surface area contributed by atoms with E-state index in [1.807, 2.05) is 36.9 Å². The fourth-order valence-electron chi connectivity index (χ4n) is 20.2. The number of benzene rings is 15. The topological polar surface area (TPSA) is 77.3 Å². The molecule has 0 saturated carbocycles. The molecule has 0 radical (unpaired) electrons. The van der Waals surface area contributed by atoms with Gasteiger partial charge in [-0.1, -0.05) is 273 Å². The number of hydrogen-bond acceptors (Lipinski definition) is 6. The van der Waals surface area contributed by atoms with Gasteiger partial charge >= 0.3 is 0 Å². The maximum Gasteiger partial charge on any atom is 0.0970 e.